The van der Waals surface area contributed by atoms with E-state index in [0.717, 1.165) is 51.4 Å². The Bertz CT molecular complexity index is 336. The Labute approximate surface area is 129 Å². The lowest BCUT2D eigenvalue weighted by Gasteiger charge is -2.02. The zero-order valence-corrected chi connectivity index (χ0v) is 13.3. The van der Waals surface area contributed by atoms with E-state index in [0.29, 0.717) is 0 Å². The average molecular weight is 294 g/mol. The van der Waals surface area contributed by atoms with E-state index in [1.54, 1.807) is 12.2 Å². The molecular weight excluding hydrogens is 264 g/mol. The highest BCUT2D eigenvalue weighted by Gasteiger charge is 1.97. The Kier molecular flexibility index (Phi) is 14.2. The molecule has 0 aliphatic carbocycles. The minimum absolute atomic E-state index is 0.283. The van der Waals surface area contributed by atoms with Gasteiger partial charge in [-0.25, -0.2) is 0 Å². The smallest absolute Gasteiger partial charge is 0.303 e. The van der Waals surface area contributed by atoms with Crippen LogP contribution in [0.2, 0.25) is 0 Å². The molecule has 0 heterocycles. The number of aliphatic hydroxyl groups excluding tert-OH is 1. The Morgan fingerprint density at radius 3 is 2.52 bits per heavy atom. The van der Waals surface area contributed by atoms with Crippen molar-refractivity contribution in [1.29, 1.82) is 0 Å². The van der Waals surface area contributed by atoms with Gasteiger partial charge < -0.3 is 10.2 Å². The number of carboxylic acids is 1. The van der Waals surface area contributed by atoms with Gasteiger partial charge >= 0.3 is 5.97 Å². The van der Waals surface area contributed by atoms with E-state index >= 15 is 0 Å². The summed E-state index contributed by atoms with van der Waals surface area (Å²) in [6.45, 7) is 2.15. The standard InChI is InChI=1S/C18H30O3/c1-2-3-11-14-17(19)15-12-9-7-5-4-6-8-10-13-16-18(20)21/h12,15,17,19H,2-6,8,10-11,13-14,16H2,1H3,(H,20,21)/b15-12+. The molecule has 1 atom stereocenters. The first kappa shape index (κ1) is 19.7. The van der Waals surface area contributed by atoms with Crippen molar-refractivity contribution in [2.24, 2.45) is 0 Å². The van der Waals surface area contributed by atoms with Crippen molar-refractivity contribution in [3.05, 3.63) is 12.2 Å². The number of aliphatic hydroxyl groups is 1. The molecule has 0 aromatic carbocycles. The third-order valence-electron chi connectivity index (χ3n) is 3.30. The summed E-state index contributed by atoms with van der Waals surface area (Å²) in [7, 11) is 0. The molecule has 1 unspecified atom stereocenters. The Morgan fingerprint density at radius 2 is 1.81 bits per heavy atom. The van der Waals surface area contributed by atoms with Gasteiger partial charge in [-0.15, -0.1) is 0 Å². The molecule has 0 aliphatic heterocycles. The molecule has 0 radical (unpaired) electrons. The van der Waals surface area contributed by atoms with Crippen LogP contribution in [0.15, 0.2) is 12.2 Å². The van der Waals surface area contributed by atoms with Crippen LogP contribution in [-0.4, -0.2) is 22.3 Å². The maximum Gasteiger partial charge on any atom is 0.303 e. The second-order valence-corrected chi connectivity index (χ2v) is 5.40. The van der Waals surface area contributed by atoms with Crippen LogP contribution in [0.5, 0.6) is 0 Å². The molecule has 0 saturated heterocycles. The molecule has 0 amide bonds. The van der Waals surface area contributed by atoms with E-state index in [1.165, 1.54) is 12.8 Å². The van der Waals surface area contributed by atoms with Crippen LogP contribution in [-0.2, 0) is 4.79 Å². The SMILES string of the molecule is CCCCCC(O)/C=C/C#CCCCCCCCC(=O)O. The molecule has 0 bridgehead atoms. The van der Waals surface area contributed by atoms with Crippen molar-refractivity contribution in [1.82, 2.24) is 0 Å². The molecule has 0 fully saturated rings. The lowest BCUT2D eigenvalue weighted by Crippen LogP contribution is -2.00. The Morgan fingerprint density at radius 1 is 1.10 bits per heavy atom. The predicted octanol–water partition coefficient (Wildman–Crippen LogP) is 4.30. The van der Waals surface area contributed by atoms with Crippen LogP contribution in [0, 0.1) is 11.8 Å². The van der Waals surface area contributed by atoms with Crippen LogP contribution < -0.4 is 0 Å². The van der Waals surface area contributed by atoms with E-state index in [2.05, 4.69) is 18.8 Å². The lowest BCUT2D eigenvalue weighted by atomic mass is 10.1. The first-order chi connectivity index (χ1) is 10.2. The fraction of sp³-hybridized carbons (Fsp3) is 0.722. The second-order valence-electron chi connectivity index (χ2n) is 5.40. The van der Waals surface area contributed by atoms with Gasteiger partial charge in [-0.2, -0.15) is 0 Å². The fourth-order valence-corrected chi connectivity index (χ4v) is 2.01. The van der Waals surface area contributed by atoms with Gasteiger partial charge in [-0.1, -0.05) is 57.3 Å². The van der Waals surface area contributed by atoms with E-state index < -0.39 is 5.97 Å². The number of hydrogen-bond donors (Lipinski definition) is 2. The zero-order chi connectivity index (χ0) is 15.8. The van der Waals surface area contributed by atoms with E-state index in [1.807, 2.05) is 0 Å². The maximum atomic E-state index is 10.3. The quantitative estimate of drug-likeness (QED) is 0.417. The Hall–Kier alpha value is -1.27. The van der Waals surface area contributed by atoms with Crippen LogP contribution in [0.25, 0.3) is 0 Å². The number of aliphatic carboxylic acids is 1. The van der Waals surface area contributed by atoms with E-state index in [4.69, 9.17) is 5.11 Å². The number of carbonyl (C=O) groups is 1. The summed E-state index contributed by atoms with van der Waals surface area (Å²) >= 11 is 0. The summed E-state index contributed by atoms with van der Waals surface area (Å²) in [6.07, 6.45) is 13.6. The summed E-state index contributed by atoms with van der Waals surface area (Å²) in [6, 6.07) is 0. The van der Waals surface area contributed by atoms with Crippen LogP contribution in [0.1, 0.15) is 77.6 Å². The molecule has 0 rings (SSSR count). The molecular formula is C18H30O3. The van der Waals surface area contributed by atoms with Gasteiger partial charge in [0.15, 0.2) is 0 Å². The third kappa shape index (κ3) is 16.7. The number of allylic oxidation sites excluding steroid dienone is 1. The monoisotopic (exact) mass is 294 g/mol. The Balaban J connectivity index is 3.42. The van der Waals surface area contributed by atoms with Gasteiger partial charge in [0, 0.05) is 12.8 Å². The van der Waals surface area contributed by atoms with Crippen molar-refractivity contribution < 1.29 is 15.0 Å². The van der Waals surface area contributed by atoms with Gasteiger partial charge in [0.05, 0.1) is 6.10 Å². The van der Waals surface area contributed by atoms with Crippen molar-refractivity contribution in [2.45, 2.75) is 83.7 Å². The molecule has 3 nitrogen and oxygen atoms in total. The predicted molar refractivity (Wildman–Crippen MR) is 87.0 cm³/mol. The van der Waals surface area contributed by atoms with Gasteiger partial charge in [-0.05, 0) is 31.4 Å². The van der Waals surface area contributed by atoms with E-state index in [-0.39, 0.29) is 12.5 Å². The summed E-state index contributed by atoms with van der Waals surface area (Å²) in [5.74, 6) is 5.33. The van der Waals surface area contributed by atoms with Crippen LogP contribution >= 0.6 is 0 Å². The highest BCUT2D eigenvalue weighted by molar-refractivity contribution is 5.66. The molecule has 0 aliphatic rings. The third-order valence-corrected chi connectivity index (χ3v) is 3.30. The van der Waals surface area contributed by atoms with Crippen LogP contribution in [0.4, 0.5) is 0 Å². The molecule has 0 saturated carbocycles. The molecule has 0 spiro atoms. The summed E-state index contributed by atoms with van der Waals surface area (Å²) in [5.41, 5.74) is 0. The van der Waals surface area contributed by atoms with Crippen molar-refractivity contribution >= 4 is 5.97 Å². The number of carboxylic acid groups (broad SMARTS) is 1. The summed E-state index contributed by atoms with van der Waals surface area (Å²) in [5, 5.41) is 18.1. The first-order valence-corrected chi connectivity index (χ1v) is 8.21. The molecule has 0 aromatic heterocycles. The highest BCUT2D eigenvalue weighted by atomic mass is 16.4. The topological polar surface area (TPSA) is 57.5 Å². The molecule has 21 heavy (non-hydrogen) atoms. The summed E-state index contributed by atoms with van der Waals surface area (Å²) in [4.78, 5) is 10.3. The van der Waals surface area contributed by atoms with E-state index in [9.17, 15) is 9.90 Å². The van der Waals surface area contributed by atoms with Gasteiger partial charge in [-0.3, -0.25) is 4.79 Å². The summed E-state index contributed by atoms with van der Waals surface area (Å²) < 4.78 is 0. The maximum absolute atomic E-state index is 10.3. The normalized spacial score (nSPS) is 12.1. The molecule has 3 heteroatoms. The fourth-order valence-electron chi connectivity index (χ4n) is 2.01. The first-order valence-electron chi connectivity index (χ1n) is 8.21. The van der Waals surface area contributed by atoms with Crippen molar-refractivity contribution in [2.75, 3.05) is 0 Å². The van der Waals surface area contributed by atoms with Gasteiger partial charge in [0.2, 0.25) is 0 Å². The highest BCUT2D eigenvalue weighted by Crippen LogP contribution is 2.07. The number of hydrogen-bond acceptors (Lipinski definition) is 2. The minimum atomic E-state index is -0.704. The average Bonchev–Trinajstić information content (AvgIpc) is 2.44. The van der Waals surface area contributed by atoms with Crippen molar-refractivity contribution in [3.63, 3.8) is 0 Å². The molecule has 0 aromatic rings. The molecule has 2 N–H and O–H groups in total. The largest absolute Gasteiger partial charge is 0.481 e. The number of rotatable bonds is 12. The number of unbranched alkanes of at least 4 members (excludes halogenated alkanes) is 7. The lowest BCUT2D eigenvalue weighted by molar-refractivity contribution is -0.137. The van der Waals surface area contributed by atoms with Gasteiger partial charge in [0.1, 0.15) is 0 Å². The van der Waals surface area contributed by atoms with Crippen LogP contribution in [0.3, 0.4) is 0 Å². The minimum Gasteiger partial charge on any atom is -0.481 e. The zero-order valence-electron chi connectivity index (χ0n) is 13.3. The second kappa shape index (κ2) is 15.1. The molecule has 120 valence electrons. The van der Waals surface area contributed by atoms with Gasteiger partial charge in [0.25, 0.3) is 0 Å². The van der Waals surface area contributed by atoms with Crippen molar-refractivity contribution in [3.8, 4) is 11.8 Å².